The topological polar surface area (TPSA) is 28.1 Å². The normalized spacial score (nSPS) is 15.1. The summed E-state index contributed by atoms with van der Waals surface area (Å²) >= 11 is 0. The highest BCUT2D eigenvalue weighted by atomic mass is 14.8. The van der Waals surface area contributed by atoms with Gasteiger partial charge in [-0.3, -0.25) is 4.99 Å². The fraction of sp³-hybridized carbons (Fsp3) is 0.308. The van der Waals surface area contributed by atoms with Crippen LogP contribution in [0.2, 0.25) is 0 Å². The molecule has 0 saturated carbocycles. The third kappa shape index (κ3) is 1.21. The van der Waals surface area contributed by atoms with Gasteiger partial charge in [0.25, 0.3) is 0 Å². The molecule has 0 saturated heterocycles. The summed E-state index contributed by atoms with van der Waals surface area (Å²) < 4.78 is 0. The number of aromatic nitrogens is 1. The van der Waals surface area contributed by atoms with Gasteiger partial charge in [0.05, 0.1) is 11.4 Å². The number of hydrogen-bond acceptors (Lipinski definition) is 1. The highest BCUT2D eigenvalue weighted by molar-refractivity contribution is 6.06. The van der Waals surface area contributed by atoms with Gasteiger partial charge in [-0.15, -0.1) is 0 Å². The lowest BCUT2D eigenvalue weighted by atomic mass is 10.0. The van der Waals surface area contributed by atoms with Crippen molar-refractivity contribution in [3.8, 4) is 0 Å². The van der Waals surface area contributed by atoms with E-state index >= 15 is 0 Å². The van der Waals surface area contributed by atoms with E-state index in [1.54, 1.807) is 0 Å². The van der Waals surface area contributed by atoms with E-state index in [0.29, 0.717) is 0 Å². The lowest BCUT2D eigenvalue weighted by Crippen LogP contribution is -2.11. The van der Waals surface area contributed by atoms with Crippen molar-refractivity contribution in [3.05, 3.63) is 35.5 Å². The van der Waals surface area contributed by atoms with E-state index in [-0.39, 0.29) is 0 Å². The van der Waals surface area contributed by atoms with Crippen molar-refractivity contribution in [2.24, 2.45) is 4.99 Å². The van der Waals surface area contributed by atoms with Crippen molar-refractivity contribution in [2.45, 2.75) is 19.8 Å². The van der Waals surface area contributed by atoms with E-state index in [4.69, 9.17) is 0 Å². The van der Waals surface area contributed by atoms with Crippen LogP contribution in [0.1, 0.15) is 24.6 Å². The van der Waals surface area contributed by atoms with Gasteiger partial charge in [-0.25, -0.2) is 0 Å². The molecule has 0 spiro atoms. The molecular formula is C13H14N2. The molecule has 0 unspecified atom stereocenters. The van der Waals surface area contributed by atoms with Crippen LogP contribution in [0.4, 0.5) is 0 Å². The Morgan fingerprint density at radius 3 is 3.07 bits per heavy atom. The number of rotatable bonds is 1. The molecule has 76 valence electrons. The van der Waals surface area contributed by atoms with Crippen LogP contribution >= 0.6 is 0 Å². The minimum Gasteiger partial charge on any atom is -0.353 e. The summed E-state index contributed by atoms with van der Waals surface area (Å²) in [6.45, 7) is 3.11. The van der Waals surface area contributed by atoms with Gasteiger partial charge >= 0.3 is 0 Å². The maximum Gasteiger partial charge on any atom is 0.0638 e. The Morgan fingerprint density at radius 2 is 2.20 bits per heavy atom. The van der Waals surface area contributed by atoms with Crippen molar-refractivity contribution in [1.29, 1.82) is 0 Å². The van der Waals surface area contributed by atoms with Crippen LogP contribution in [0.3, 0.4) is 0 Å². The molecule has 1 aliphatic heterocycles. The second-order valence-corrected chi connectivity index (χ2v) is 3.96. The van der Waals surface area contributed by atoms with Gasteiger partial charge in [0.1, 0.15) is 0 Å². The van der Waals surface area contributed by atoms with Gasteiger partial charge in [-0.05, 0) is 24.5 Å². The number of benzene rings is 1. The zero-order chi connectivity index (χ0) is 10.3. The zero-order valence-corrected chi connectivity index (χ0v) is 8.88. The largest absolute Gasteiger partial charge is 0.353 e. The number of nitrogens with zero attached hydrogens (tertiary/aromatic N) is 1. The standard InChI is InChI=1S/C13H14N2/c1-2-11-13-10(7-8-14-11)9-5-3-4-6-12(9)15-13/h3-6,15H,2,7-8H2,1H3. The van der Waals surface area contributed by atoms with Gasteiger partial charge < -0.3 is 4.98 Å². The lowest BCUT2D eigenvalue weighted by Gasteiger charge is -2.11. The molecule has 0 amide bonds. The van der Waals surface area contributed by atoms with Crippen molar-refractivity contribution >= 4 is 16.6 Å². The van der Waals surface area contributed by atoms with Gasteiger partial charge in [-0.2, -0.15) is 0 Å². The highest BCUT2D eigenvalue weighted by Gasteiger charge is 2.17. The third-order valence-electron chi connectivity index (χ3n) is 3.10. The van der Waals surface area contributed by atoms with Crippen LogP contribution in [0.15, 0.2) is 29.3 Å². The maximum absolute atomic E-state index is 4.57. The number of aromatic amines is 1. The Bertz CT molecular complexity index is 534. The Morgan fingerprint density at radius 1 is 1.33 bits per heavy atom. The summed E-state index contributed by atoms with van der Waals surface area (Å²) in [6, 6.07) is 8.52. The molecule has 0 bridgehead atoms. The Labute approximate surface area is 89.0 Å². The van der Waals surface area contributed by atoms with Gasteiger partial charge in [0.2, 0.25) is 0 Å². The number of fused-ring (bicyclic) bond motifs is 3. The molecule has 2 aromatic rings. The fourth-order valence-corrected chi connectivity index (χ4v) is 2.38. The minimum absolute atomic E-state index is 0.942. The molecule has 0 fully saturated rings. The minimum atomic E-state index is 0.942. The quantitative estimate of drug-likeness (QED) is 0.729. The predicted molar refractivity (Wildman–Crippen MR) is 63.7 cm³/mol. The average Bonchev–Trinajstić information content (AvgIpc) is 2.67. The first kappa shape index (κ1) is 8.72. The van der Waals surface area contributed by atoms with Crippen LogP contribution in [0.25, 0.3) is 10.9 Å². The number of hydrogen-bond donors (Lipinski definition) is 1. The van der Waals surface area contributed by atoms with E-state index in [1.165, 1.54) is 27.9 Å². The van der Waals surface area contributed by atoms with Crippen LogP contribution in [0, 0.1) is 0 Å². The van der Waals surface area contributed by atoms with Crippen molar-refractivity contribution < 1.29 is 0 Å². The second kappa shape index (κ2) is 3.23. The fourth-order valence-electron chi connectivity index (χ4n) is 2.38. The molecule has 0 radical (unpaired) electrons. The Balaban J connectivity index is 2.31. The van der Waals surface area contributed by atoms with Crippen LogP contribution in [0.5, 0.6) is 0 Å². The molecule has 2 nitrogen and oxygen atoms in total. The second-order valence-electron chi connectivity index (χ2n) is 3.96. The summed E-state index contributed by atoms with van der Waals surface area (Å²) in [7, 11) is 0. The van der Waals surface area contributed by atoms with Gasteiger partial charge in [0, 0.05) is 17.4 Å². The average molecular weight is 198 g/mol. The molecule has 0 aliphatic carbocycles. The highest BCUT2D eigenvalue weighted by Crippen LogP contribution is 2.26. The number of H-pyrrole nitrogens is 1. The van der Waals surface area contributed by atoms with Crippen molar-refractivity contribution in [2.75, 3.05) is 6.54 Å². The van der Waals surface area contributed by atoms with Gasteiger partial charge in [-0.1, -0.05) is 25.1 Å². The van der Waals surface area contributed by atoms with Gasteiger partial charge in [0.15, 0.2) is 0 Å². The SMILES string of the molecule is CCC1=NCCc2c1[nH]c1ccccc21. The summed E-state index contributed by atoms with van der Waals surface area (Å²) in [5.74, 6) is 0. The molecule has 3 rings (SSSR count). The first-order valence-corrected chi connectivity index (χ1v) is 5.53. The molecule has 1 N–H and O–H groups in total. The number of nitrogens with one attached hydrogen (secondary N) is 1. The Kier molecular flexibility index (Phi) is 1.88. The van der Waals surface area contributed by atoms with Crippen LogP contribution < -0.4 is 0 Å². The van der Waals surface area contributed by atoms with E-state index in [2.05, 4.69) is 41.2 Å². The number of para-hydroxylation sites is 1. The summed E-state index contributed by atoms with van der Waals surface area (Å²) in [5.41, 5.74) is 5.19. The van der Waals surface area contributed by atoms with E-state index in [9.17, 15) is 0 Å². The smallest absolute Gasteiger partial charge is 0.0638 e. The molecule has 15 heavy (non-hydrogen) atoms. The molecule has 2 heterocycles. The molecule has 1 aromatic carbocycles. The van der Waals surface area contributed by atoms with E-state index < -0.39 is 0 Å². The summed E-state index contributed by atoms with van der Waals surface area (Å²) in [6.07, 6.45) is 2.09. The zero-order valence-electron chi connectivity index (χ0n) is 8.88. The maximum atomic E-state index is 4.57. The number of aliphatic imine (C=N–C) groups is 1. The molecule has 1 aliphatic rings. The van der Waals surface area contributed by atoms with E-state index in [1.807, 2.05) is 0 Å². The predicted octanol–water partition coefficient (Wildman–Crippen LogP) is 2.92. The molecule has 1 aromatic heterocycles. The van der Waals surface area contributed by atoms with Crippen LogP contribution in [-0.4, -0.2) is 17.2 Å². The van der Waals surface area contributed by atoms with Crippen LogP contribution in [-0.2, 0) is 6.42 Å². The molecule has 2 heteroatoms. The third-order valence-corrected chi connectivity index (χ3v) is 3.10. The first-order chi connectivity index (χ1) is 7.40. The van der Waals surface area contributed by atoms with Crippen molar-refractivity contribution in [1.82, 2.24) is 4.98 Å². The van der Waals surface area contributed by atoms with Crippen molar-refractivity contribution in [3.63, 3.8) is 0 Å². The first-order valence-electron chi connectivity index (χ1n) is 5.53. The molecule has 0 atom stereocenters. The van der Waals surface area contributed by atoms with E-state index in [0.717, 1.165) is 19.4 Å². The monoisotopic (exact) mass is 198 g/mol. The lowest BCUT2D eigenvalue weighted by molar-refractivity contribution is 0.934. The molecular weight excluding hydrogens is 184 g/mol. The summed E-state index contributed by atoms with van der Waals surface area (Å²) in [4.78, 5) is 8.06. The summed E-state index contributed by atoms with van der Waals surface area (Å²) in [5, 5.41) is 1.37. The Hall–Kier alpha value is -1.57.